The Balaban J connectivity index is 1.80. The number of fused-ring (bicyclic) bond motifs is 1. The minimum absolute atomic E-state index is 0.126. The summed E-state index contributed by atoms with van der Waals surface area (Å²) >= 11 is 0. The van der Waals surface area contributed by atoms with E-state index in [1.807, 2.05) is 18.2 Å². The molecule has 20 heavy (non-hydrogen) atoms. The Morgan fingerprint density at radius 3 is 2.85 bits per heavy atom. The molecule has 2 heterocycles. The maximum Gasteiger partial charge on any atom is 0.253 e. The van der Waals surface area contributed by atoms with Gasteiger partial charge < -0.3 is 16.0 Å². The van der Waals surface area contributed by atoms with Crippen LogP contribution in [0.15, 0.2) is 48.9 Å². The van der Waals surface area contributed by atoms with E-state index in [-0.39, 0.29) is 5.91 Å². The van der Waals surface area contributed by atoms with Crippen LogP contribution in [0.3, 0.4) is 0 Å². The van der Waals surface area contributed by atoms with Gasteiger partial charge >= 0.3 is 0 Å². The lowest BCUT2D eigenvalue weighted by atomic mass is 10.1. The van der Waals surface area contributed by atoms with Crippen molar-refractivity contribution in [2.75, 3.05) is 5.73 Å². The molecule has 100 valence electrons. The van der Waals surface area contributed by atoms with Gasteiger partial charge in [-0.1, -0.05) is 0 Å². The zero-order valence-corrected chi connectivity index (χ0v) is 10.8. The van der Waals surface area contributed by atoms with Crippen molar-refractivity contribution in [2.45, 2.75) is 6.54 Å². The van der Waals surface area contributed by atoms with Gasteiger partial charge in [0.2, 0.25) is 0 Å². The minimum Gasteiger partial charge on any atom is -0.399 e. The zero-order valence-electron chi connectivity index (χ0n) is 10.8. The second kappa shape index (κ2) is 5.05. The molecule has 0 bridgehead atoms. The first-order chi connectivity index (χ1) is 9.74. The molecule has 3 aromatic rings. The second-order valence-electron chi connectivity index (χ2n) is 4.55. The minimum atomic E-state index is -0.126. The van der Waals surface area contributed by atoms with E-state index in [4.69, 9.17) is 5.73 Å². The summed E-state index contributed by atoms with van der Waals surface area (Å²) in [5.41, 5.74) is 8.91. The molecular weight excluding hydrogens is 252 g/mol. The van der Waals surface area contributed by atoms with Crippen LogP contribution in [0, 0.1) is 0 Å². The number of aromatic nitrogens is 2. The average molecular weight is 266 g/mol. The monoisotopic (exact) mass is 266 g/mol. The van der Waals surface area contributed by atoms with Crippen LogP contribution in [0.4, 0.5) is 5.69 Å². The Morgan fingerprint density at radius 1 is 1.25 bits per heavy atom. The first kappa shape index (κ1) is 12.2. The van der Waals surface area contributed by atoms with Crippen molar-refractivity contribution in [1.82, 2.24) is 15.3 Å². The van der Waals surface area contributed by atoms with Crippen molar-refractivity contribution in [3.05, 3.63) is 60.0 Å². The van der Waals surface area contributed by atoms with Crippen LogP contribution >= 0.6 is 0 Å². The largest absolute Gasteiger partial charge is 0.399 e. The van der Waals surface area contributed by atoms with Crippen LogP contribution < -0.4 is 11.1 Å². The number of benzene rings is 1. The number of carbonyl (C=O) groups is 1. The lowest BCUT2D eigenvalue weighted by Crippen LogP contribution is -2.22. The Morgan fingerprint density at radius 2 is 2.05 bits per heavy atom. The molecule has 0 atom stereocenters. The number of nitrogen functional groups attached to an aromatic ring is 1. The summed E-state index contributed by atoms with van der Waals surface area (Å²) in [6.07, 6.45) is 5.10. The van der Waals surface area contributed by atoms with E-state index in [9.17, 15) is 4.79 Å². The maximum atomic E-state index is 12.2. The third-order valence-corrected chi connectivity index (χ3v) is 3.15. The third-order valence-electron chi connectivity index (χ3n) is 3.15. The summed E-state index contributed by atoms with van der Waals surface area (Å²) in [7, 11) is 0. The SMILES string of the molecule is Nc1ccc2[nH]cc(C(=O)NCc3ccncc3)c2c1. The highest BCUT2D eigenvalue weighted by atomic mass is 16.1. The van der Waals surface area contributed by atoms with Gasteiger partial charge in [0.15, 0.2) is 0 Å². The molecule has 0 radical (unpaired) electrons. The second-order valence-corrected chi connectivity index (χ2v) is 4.55. The number of anilines is 1. The molecule has 0 aliphatic heterocycles. The quantitative estimate of drug-likeness (QED) is 0.634. The van der Waals surface area contributed by atoms with E-state index >= 15 is 0 Å². The number of nitrogens with two attached hydrogens (primary N) is 1. The topological polar surface area (TPSA) is 83.8 Å². The molecule has 0 saturated carbocycles. The number of amides is 1. The van der Waals surface area contributed by atoms with Gasteiger partial charge in [0, 0.05) is 41.7 Å². The van der Waals surface area contributed by atoms with Gasteiger partial charge in [0.25, 0.3) is 5.91 Å². The van der Waals surface area contributed by atoms with Crippen LogP contribution in [0.2, 0.25) is 0 Å². The van der Waals surface area contributed by atoms with Crippen LogP contribution in [0.5, 0.6) is 0 Å². The van der Waals surface area contributed by atoms with Crippen molar-refractivity contribution < 1.29 is 4.79 Å². The van der Waals surface area contributed by atoms with Gasteiger partial charge in [0.1, 0.15) is 0 Å². The number of pyridine rings is 1. The number of hydrogen-bond donors (Lipinski definition) is 3. The normalized spacial score (nSPS) is 10.6. The summed E-state index contributed by atoms with van der Waals surface area (Å²) in [5.74, 6) is -0.126. The molecule has 0 aliphatic carbocycles. The summed E-state index contributed by atoms with van der Waals surface area (Å²) in [6, 6.07) is 9.20. The first-order valence-corrected chi connectivity index (χ1v) is 6.28. The van der Waals surface area contributed by atoms with E-state index in [1.54, 1.807) is 30.7 Å². The van der Waals surface area contributed by atoms with Crippen molar-refractivity contribution >= 4 is 22.5 Å². The van der Waals surface area contributed by atoms with Crippen LogP contribution in [0.1, 0.15) is 15.9 Å². The van der Waals surface area contributed by atoms with Gasteiger partial charge in [-0.15, -0.1) is 0 Å². The van der Waals surface area contributed by atoms with Crippen LogP contribution in [0.25, 0.3) is 10.9 Å². The average Bonchev–Trinajstić information content (AvgIpc) is 2.89. The highest BCUT2D eigenvalue weighted by molar-refractivity contribution is 6.07. The fourth-order valence-corrected chi connectivity index (χ4v) is 2.10. The highest BCUT2D eigenvalue weighted by Crippen LogP contribution is 2.20. The fourth-order valence-electron chi connectivity index (χ4n) is 2.10. The highest BCUT2D eigenvalue weighted by Gasteiger charge is 2.11. The Kier molecular flexibility index (Phi) is 3.09. The van der Waals surface area contributed by atoms with Gasteiger partial charge in [-0.05, 0) is 35.9 Å². The maximum absolute atomic E-state index is 12.2. The summed E-state index contributed by atoms with van der Waals surface area (Å²) < 4.78 is 0. The molecule has 2 aromatic heterocycles. The summed E-state index contributed by atoms with van der Waals surface area (Å²) in [4.78, 5) is 19.2. The van der Waals surface area contributed by atoms with Crippen molar-refractivity contribution in [3.8, 4) is 0 Å². The zero-order chi connectivity index (χ0) is 13.9. The fraction of sp³-hybridized carbons (Fsp3) is 0.0667. The molecular formula is C15H14N4O. The van der Waals surface area contributed by atoms with E-state index in [0.29, 0.717) is 17.8 Å². The van der Waals surface area contributed by atoms with E-state index in [1.165, 1.54) is 0 Å². The Bertz CT molecular complexity index is 749. The number of aromatic amines is 1. The van der Waals surface area contributed by atoms with Crippen LogP contribution in [-0.2, 0) is 6.54 Å². The summed E-state index contributed by atoms with van der Waals surface area (Å²) in [5, 5.41) is 3.72. The molecule has 5 heteroatoms. The van der Waals surface area contributed by atoms with Crippen molar-refractivity contribution in [2.24, 2.45) is 0 Å². The number of rotatable bonds is 3. The van der Waals surface area contributed by atoms with E-state index < -0.39 is 0 Å². The van der Waals surface area contributed by atoms with Crippen molar-refractivity contribution in [3.63, 3.8) is 0 Å². The molecule has 0 saturated heterocycles. The molecule has 0 unspecified atom stereocenters. The van der Waals surface area contributed by atoms with Gasteiger partial charge in [-0.25, -0.2) is 0 Å². The standard InChI is InChI=1S/C15H14N4O/c16-11-1-2-14-12(7-11)13(9-18-14)15(20)19-8-10-3-5-17-6-4-10/h1-7,9,18H,8,16H2,(H,19,20). The lowest BCUT2D eigenvalue weighted by molar-refractivity contribution is 0.0952. The summed E-state index contributed by atoms with van der Waals surface area (Å²) in [6.45, 7) is 0.469. The number of nitrogens with one attached hydrogen (secondary N) is 2. The molecule has 0 fully saturated rings. The number of hydrogen-bond acceptors (Lipinski definition) is 3. The van der Waals surface area contributed by atoms with Gasteiger partial charge in [0.05, 0.1) is 5.56 Å². The number of nitrogens with zero attached hydrogens (tertiary/aromatic N) is 1. The Labute approximate surface area is 115 Å². The first-order valence-electron chi connectivity index (χ1n) is 6.28. The van der Waals surface area contributed by atoms with E-state index in [0.717, 1.165) is 16.5 Å². The molecule has 4 N–H and O–H groups in total. The lowest BCUT2D eigenvalue weighted by Gasteiger charge is -2.04. The van der Waals surface area contributed by atoms with Crippen molar-refractivity contribution in [1.29, 1.82) is 0 Å². The number of H-pyrrole nitrogens is 1. The molecule has 5 nitrogen and oxygen atoms in total. The molecule has 3 rings (SSSR count). The predicted molar refractivity (Wildman–Crippen MR) is 78.1 cm³/mol. The number of carbonyl (C=O) groups excluding carboxylic acids is 1. The third kappa shape index (κ3) is 2.33. The Hall–Kier alpha value is -2.82. The predicted octanol–water partition coefficient (Wildman–Crippen LogP) is 2.08. The molecule has 0 spiro atoms. The molecule has 0 aliphatic rings. The smallest absolute Gasteiger partial charge is 0.253 e. The molecule has 1 aromatic carbocycles. The molecule has 1 amide bonds. The van der Waals surface area contributed by atoms with Gasteiger partial charge in [-0.3, -0.25) is 9.78 Å². The van der Waals surface area contributed by atoms with Crippen LogP contribution in [-0.4, -0.2) is 15.9 Å². The van der Waals surface area contributed by atoms with Gasteiger partial charge in [-0.2, -0.15) is 0 Å². The van der Waals surface area contributed by atoms with E-state index in [2.05, 4.69) is 15.3 Å².